The molecule has 0 aliphatic carbocycles. The third kappa shape index (κ3) is 2.78. The average Bonchev–Trinajstić information content (AvgIpc) is 2.63. The number of nitrogens with zero attached hydrogens (tertiary/aromatic N) is 2. The molecule has 0 amide bonds. The van der Waals surface area contributed by atoms with Gasteiger partial charge in [0.1, 0.15) is 5.75 Å². The van der Waals surface area contributed by atoms with Crippen molar-refractivity contribution in [1.29, 1.82) is 5.26 Å². The molecule has 1 aliphatic heterocycles. The van der Waals surface area contributed by atoms with Crippen LogP contribution < -0.4 is 9.47 Å². The third-order valence-electron chi connectivity index (χ3n) is 3.99. The van der Waals surface area contributed by atoms with Crippen LogP contribution in [0.2, 0.25) is 0 Å². The third-order valence-corrected chi connectivity index (χ3v) is 3.99. The predicted octanol–water partition coefficient (Wildman–Crippen LogP) is 3.24. The molecule has 3 rings (SSSR count). The number of pyridine rings is 1. The van der Waals surface area contributed by atoms with Crippen molar-refractivity contribution in [1.82, 2.24) is 0 Å². The Labute approximate surface area is 135 Å². The highest BCUT2D eigenvalue weighted by Crippen LogP contribution is 2.38. The van der Waals surface area contributed by atoms with E-state index in [9.17, 15) is 10.5 Å². The van der Waals surface area contributed by atoms with E-state index in [1.807, 2.05) is 31.2 Å². The number of benzene rings is 1. The summed E-state index contributed by atoms with van der Waals surface area (Å²) in [6.07, 6.45) is 3.69. The maximum atomic E-state index is 10.2. The molecule has 0 fully saturated rings. The van der Waals surface area contributed by atoms with Crippen LogP contribution >= 0.6 is 0 Å². The monoisotopic (exact) mass is 307 g/mol. The highest BCUT2D eigenvalue weighted by atomic mass is 16.5. The van der Waals surface area contributed by atoms with Gasteiger partial charge in [0, 0.05) is 27.8 Å². The summed E-state index contributed by atoms with van der Waals surface area (Å²) in [5, 5.41) is 19.5. The Hall–Kier alpha value is -2.80. The first-order valence-electron chi connectivity index (χ1n) is 7.52. The lowest BCUT2D eigenvalue weighted by Gasteiger charge is -2.18. The first kappa shape index (κ1) is 15.1. The van der Waals surface area contributed by atoms with E-state index < -0.39 is 0 Å². The Morgan fingerprint density at radius 3 is 2.78 bits per heavy atom. The number of nitriles is 1. The molecule has 2 heterocycles. The minimum absolute atomic E-state index is 0.197. The lowest BCUT2D eigenvalue weighted by Crippen LogP contribution is -2.34. The zero-order valence-corrected chi connectivity index (χ0v) is 13.5. The van der Waals surface area contributed by atoms with Gasteiger partial charge in [-0.05, 0) is 30.7 Å². The molecule has 1 aliphatic rings. The van der Waals surface area contributed by atoms with Crippen molar-refractivity contribution in [3.63, 3.8) is 0 Å². The Bertz CT molecular complexity index is 845. The second-order valence-electron chi connectivity index (χ2n) is 6.54. The van der Waals surface area contributed by atoms with Crippen LogP contribution in [0.3, 0.4) is 0 Å². The van der Waals surface area contributed by atoms with Gasteiger partial charge in [0.05, 0.1) is 23.8 Å². The summed E-state index contributed by atoms with van der Waals surface area (Å²) in [5.41, 5.74) is 3.65. The molecule has 0 bridgehead atoms. The van der Waals surface area contributed by atoms with Crippen molar-refractivity contribution in [3.8, 4) is 11.8 Å². The van der Waals surface area contributed by atoms with E-state index >= 15 is 0 Å². The molecular formula is C19H19N2O2+. The van der Waals surface area contributed by atoms with E-state index in [0.29, 0.717) is 17.9 Å². The summed E-state index contributed by atoms with van der Waals surface area (Å²) in [5.74, 6) is 0.738. The van der Waals surface area contributed by atoms with Gasteiger partial charge in [0.15, 0.2) is 0 Å². The van der Waals surface area contributed by atoms with E-state index in [2.05, 4.69) is 26.0 Å². The average molecular weight is 307 g/mol. The highest BCUT2D eigenvalue weighted by molar-refractivity contribution is 5.82. The Morgan fingerprint density at radius 2 is 2.09 bits per heavy atom. The molecule has 1 aromatic heterocycles. The molecule has 4 heteroatoms. The van der Waals surface area contributed by atoms with Crippen LogP contribution in [-0.4, -0.2) is 11.8 Å². The van der Waals surface area contributed by atoms with Gasteiger partial charge in [0.2, 0.25) is 6.20 Å². The molecule has 0 atom stereocenters. The molecule has 2 aromatic rings. The van der Waals surface area contributed by atoms with Crippen LogP contribution in [0.4, 0.5) is 0 Å². The van der Waals surface area contributed by atoms with Gasteiger partial charge < -0.3 is 4.74 Å². The van der Waals surface area contributed by atoms with Crippen molar-refractivity contribution in [2.75, 3.05) is 6.61 Å². The zero-order chi connectivity index (χ0) is 16.6. The summed E-state index contributed by atoms with van der Waals surface area (Å²) in [6.45, 7) is 6.60. The fraction of sp³-hybridized carbons (Fsp3) is 0.263. The molecular weight excluding hydrogens is 288 g/mol. The largest absolute Gasteiger partial charge is 0.492 e. The van der Waals surface area contributed by atoms with E-state index in [1.165, 1.54) is 0 Å². The van der Waals surface area contributed by atoms with E-state index in [-0.39, 0.29) is 5.41 Å². The van der Waals surface area contributed by atoms with Crippen LogP contribution in [0.1, 0.15) is 36.2 Å². The SMILES string of the molecule is Cc1cc2c(cc1C#N)C(c1cccc[n+]1O)=CC(C)(C)CO2. The minimum Gasteiger partial charge on any atom is -0.492 e. The van der Waals surface area contributed by atoms with Gasteiger partial charge >= 0.3 is 0 Å². The van der Waals surface area contributed by atoms with Gasteiger partial charge in [0.25, 0.3) is 5.69 Å². The van der Waals surface area contributed by atoms with Crippen LogP contribution in [0.25, 0.3) is 5.57 Å². The fourth-order valence-electron chi connectivity index (χ4n) is 2.77. The van der Waals surface area contributed by atoms with Crippen molar-refractivity contribution in [2.45, 2.75) is 20.8 Å². The molecule has 0 radical (unpaired) electrons. The Kier molecular flexibility index (Phi) is 3.57. The quantitative estimate of drug-likeness (QED) is 0.650. The molecule has 23 heavy (non-hydrogen) atoms. The van der Waals surface area contributed by atoms with Gasteiger partial charge in [-0.1, -0.05) is 19.9 Å². The summed E-state index contributed by atoms with van der Waals surface area (Å²) in [6, 6.07) is 11.4. The number of rotatable bonds is 1. The normalized spacial score (nSPS) is 15.7. The summed E-state index contributed by atoms with van der Waals surface area (Å²) < 4.78 is 7.08. The number of hydrogen-bond acceptors (Lipinski definition) is 3. The molecule has 1 N–H and O–H groups in total. The summed E-state index contributed by atoms with van der Waals surface area (Å²) >= 11 is 0. The number of aryl methyl sites for hydroxylation is 1. The Morgan fingerprint density at radius 1 is 1.30 bits per heavy atom. The van der Waals surface area contributed by atoms with Crippen LogP contribution in [-0.2, 0) is 0 Å². The highest BCUT2D eigenvalue weighted by Gasteiger charge is 2.29. The molecule has 0 saturated heterocycles. The maximum Gasteiger partial charge on any atom is 0.264 e. The topological polar surface area (TPSA) is 57.1 Å². The standard InChI is InChI=1S/C19H19N2O2/c1-13-8-18-15(9-14(13)11-20)16(10-19(2,3)12-23-18)17-6-4-5-7-21(17)22/h4-10,22H,12H2,1-3H3/q+1. The van der Waals surface area contributed by atoms with Crippen molar-refractivity contribution >= 4 is 5.57 Å². The number of hydrogen-bond donors (Lipinski definition) is 1. The molecule has 116 valence electrons. The summed E-state index contributed by atoms with van der Waals surface area (Å²) in [7, 11) is 0. The van der Waals surface area contributed by atoms with Crippen molar-refractivity contribution < 1.29 is 14.7 Å². The number of fused-ring (bicyclic) bond motifs is 1. The van der Waals surface area contributed by atoms with Gasteiger partial charge in [-0.2, -0.15) is 5.26 Å². The van der Waals surface area contributed by atoms with Crippen LogP contribution in [0.5, 0.6) is 5.75 Å². The molecule has 0 spiro atoms. The number of aromatic nitrogens is 1. The van der Waals surface area contributed by atoms with Crippen molar-refractivity contribution in [3.05, 3.63) is 65.0 Å². The number of ether oxygens (including phenoxy) is 1. The lowest BCUT2D eigenvalue weighted by atomic mass is 9.88. The minimum atomic E-state index is -0.197. The smallest absolute Gasteiger partial charge is 0.264 e. The van der Waals surface area contributed by atoms with Crippen LogP contribution in [0, 0.1) is 23.7 Å². The van der Waals surface area contributed by atoms with E-state index in [4.69, 9.17) is 4.74 Å². The first-order chi connectivity index (χ1) is 10.9. The van der Waals surface area contributed by atoms with E-state index in [0.717, 1.165) is 27.2 Å². The van der Waals surface area contributed by atoms with Gasteiger partial charge in [-0.3, -0.25) is 5.21 Å². The lowest BCUT2D eigenvalue weighted by molar-refractivity contribution is -0.906. The van der Waals surface area contributed by atoms with E-state index in [1.54, 1.807) is 12.3 Å². The van der Waals surface area contributed by atoms with Gasteiger partial charge in [-0.25, -0.2) is 0 Å². The second kappa shape index (κ2) is 5.44. The molecule has 0 saturated carbocycles. The zero-order valence-electron chi connectivity index (χ0n) is 13.5. The predicted molar refractivity (Wildman–Crippen MR) is 86.1 cm³/mol. The van der Waals surface area contributed by atoms with Gasteiger partial charge in [-0.15, -0.1) is 0 Å². The molecule has 1 aromatic carbocycles. The fourth-order valence-corrected chi connectivity index (χ4v) is 2.77. The van der Waals surface area contributed by atoms with Crippen molar-refractivity contribution in [2.24, 2.45) is 5.41 Å². The first-order valence-corrected chi connectivity index (χ1v) is 7.52. The Balaban J connectivity index is 2.30. The molecule has 0 unspecified atom stereocenters. The maximum absolute atomic E-state index is 10.2. The van der Waals surface area contributed by atoms with Crippen LogP contribution in [0.15, 0.2) is 42.6 Å². The second-order valence-corrected chi connectivity index (χ2v) is 6.54. The molecule has 4 nitrogen and oxygen atoms in total. The summed E-state index contributed by atoms with van der Waals surface area (Å²) in [4.78, 5) is 0.